The van der Waals surface area contributed by atoms with Gasteiger partial charge in [0.25, 0.3) is 0 Å². The zero-order valence-corrected chi connectivity index (χ0v) is 16.4. The number of aryl methyl sites for hydroxylation is 2. The van der Waals surface area contributed by atoms with Gasteiger partial charge in [0, 0.05) is 24.4 Å². The minimum atomic E-state index is -0.799. The molecule has 7 nitrogen and oxygen atoms in total. The highest BCUT2D eigenvalue weighted by atomic mass is 32.1. The molecule has 0 spiro atoms. The molecular formula is C18H18N4O3S2. The van der Waals surface area contributed by atoms with Crippen molar-refractivity contribution in [3.05, 3.63) is 40.9 Å². The summed E-state index contributed by atoms with van der Waals surface area (Å²) in [5.74, 6) is -0.949. The van der Waals surface area contributed by atoms with Gasteiger partial charge in [-0.25, -0.2) is 9.97 Å². The highest BCUT2D eigenvalue weighted by Crippen LogP contribution is 2.35. The van der Waals surface area contributed by atoms with E-state index in [4.69, 9.17) is 5.11 Å². The molecule has 0 saturated heterocycles. The van der Waals surface area contributed by atoms with Crippen LogP contribution in [-0.2, 0) is 16.0 Å². The first kappa shape index (κ1) is 19.0. The number of aromatic nitrogens is 2. The van der Waals surface area contributed by atoms with Gasteiger partial charge in [-0.15, -0.1) is 11.3 Å². The normalized spacial score (nSPS) is 10.6. The van der Waals surface area contributed by atoms with Gasteiger partial charge < -0.3 is 15.7 Å². The van der Waals surface area contributed by atoms with E-state index in [0.29, 0.717) is 11.6 Å². The highest BCUT2D eigenvalue weighted by molar-refractivity contribution is 7.20. The molecule has 0 unspecified atom stereocenters. The Morgan fingerprint density at radius 3 is 2.56 bits per heavy atom. The van der Waals surface area contributed by atoms with E-state index in [-0.39, 0.29) is 12.3 Å². The van der Waals surface area contributed by atoms with E-state index in [9.17, 15) is 9.59 Å². The van der Waals surface area contributed by atoms with E-state index in [1.54, 1.807) is 0 Å². The van der Waals surface area contributed by atoms with Crippen LogP contribution in [0.2, 0.25) is 0 Å². The maximum absolute atomic E-state index is 11.2. The molecular weight excluding hydrogens is 384 g/mol. The minimum Gasteiger partial charge on any atom is -0.481 e. The third-order valence-electron chi connectivity index (χ3n) is 3.65. The number of amides is 1. The lowest BCUT2D eigenvalue weighted by Crippen LogP contribution is -2.04. The van der Waals surface area contributed by atoms with Gasteiger partial charge in [0.1, 0.15) is 0 Å². The molecule has 3 aromatic rings. The molecule has 0 radical (unpaired) electrons. The predicted molar refractivity (Wildman–Crippen MR) is 108 cm³/mol. The smallest absolute Gasteiger partial charge is 0.303 e. The molecule has 2 aromatic heterocycles. The summed E-state index contributed by atoms with van der Waals surface area (Å²) in [5, 5.41) is 17.9. The Hall–Kier alpha value is -2.78. The van der Waals surface area contributed by atoms with Crippen LogP contribution < -0.4 is 10.6 Å². The molecule has 0 aliphatic rings. The number of hydrogen-bond donors (Lipinski definition) is 3. The van der Waals surface area contributed by atoms with Gasteiger partial charge in [0.15, 0.2) is 10.3 Å². The lowest BCUT2D eigenvalue weighted by Gasteiger charge is -2.04. The molecule has 27 heavy (non-hydrogen) atoms. The summed E-state index contributed by atoms with van der Waals surface area (Å²) in [6.45, 7) is 3.34. The van der Waals surface area contributed by atoms with Crippen LogP contribution in [0.5, 0.6) is 0 Å². The van der Waals surface area contributed by atoms with E-state index in [2.05, 4.69) is 20.6 Å². The highest BCUT2D eigenvalue weighted by Gasteiger charge is 2.14. The summed E-state index contributed by atoms with van der Waals surface area (Å²) in [6, 6.07) is 7.63. The van der Waals surface area contributed by atoms with Crippen molar-refractivity contribution in [1.82, 2.24) is 9.97 Å². The summed E-state index contributed by atoms with van der Waals surface area (Å²) in [5.41, 5.74) is 3.50. The maximum Gasteiger partial charge on any atom is 0.303 e. The van der Waals surface area contributed by atoms with E-state index in [1.807, 2.05) is 36.6 Å². The molecule has 0 atom stereocenters. The number of carbonyl (C=O) groups excluding carboxylic acids is 1. The van der Waals surface area contributed by atoms with Crippen molar-refractivity contribution in [1.29, 1.82) is 0 Å². The Bertz CT molecular complexity index is 963. The number of thiazole rings is 2. The summed E-state index contributed by atoms with van der Waals surface area (Å²) >= 11 is 2.88. The number of aliphatic carboxylic acids is 1. The van der Waals surface area contributed by atoms with Crippen molar-refractivity contribution < 1.29 is 14.7 Å². The Morgan fingerprint density at radius 2 is 1.89 bits per heavy atom. The number of nitrogens with one attached hydrogen (secondary N) is 2. The first-order chi connectivity index (χ1) is 12.9. The lowest BCUT2D eigenvalue weighted by atomic mass is 10.1. The minimum absolute atomic E-state index is 0.122. The number of nitrogens with zero attached hydrogens (tertiary/aromatic N) is 2. The van der Waals surface area contributed by atoms with Crippen molar-refractivity contribution in [3.63, 3.8) is 0 Å². The van der Waals surface area contributed by atoms with Gasteiger partial charge in [0.2, 0.25) is 5.91 Å². The van der Waals surface area contributed by atoms with Crippen LogP contribution in [0.3, 0.4) is 0 Å². The Kier molecular flexibility index (Phi) is 5.82. The molecule has 0 aliphatic carbocycles. The van der Waals surface area contributed by atoms with E-state index in [1.165, 1.54) is 29.6 Å². The summed E-state index contributed by atoms with van der Waals surface area (Å²) in [7, 11) is 0. The summed E-state index contributed by atoms with van der Waals surface area (Å²) < 4.78 is 0. The quantitative estimate of drug-likeness (QED) is 0.544. The molecule has 3 rings (SSSR count). The standard InChI is InChI=1S/C18H18N4O3S2/c1-10-16(27-18(19-10)20-11(2)23)14-9-26-17(22-14)21-13-6-3-12(4-7-13)5-8-15(24)25/h3-4,6-7,9H,5,8H2,1-2H3,(H,21,22)(H,24,25)(H,19,20,23). The van der Waals surface area contributed by atoms with Gasteiger partial charge in [-0.3, -0.25) is 9.59 Å². The third-order valence-corrected chi connectivity index (χ3v) is 5.50. The van der Waals surface area contributed by atoms with Crippen molar-refractivity contribution in [2.45, 2.75) is 26.7 Å². The fourth-order valence-electron chi connectivity index (χ4n) is 2.40. The number of benzene rings is 1. The lowest BCUT2D eigenvalue weighted by molar-refractivity contribution is -0.137. The third kappa shape index (κ3) is 5.11. The van der Waals surface area contributed by atoms with Gasteiger partial charge in [0.05, 0.1) is 16.3 Å². The SMILES string of the molecule is CC(=O)Nc1nc(C)c(-c2csc(Nc3ccc(CCC(=O)O)cc3)n2)s1. The molecule has 3 N–H and O–H groups in total. The molecule has 1 aromatic carbocycles. The zero-order valence-electron chi connectivity index (χ0n) is 14.8. The first-order valence-electron chi connectivity index (χ1n) is 8.19. The van der Waals surface area contributed by atoms with Crippen molar-refractivity contribution >= 4 is 50.5 Å². The molecule has 1 amide bonds. The average molecular weight is 403 g/mol. The van der Waals surface area contributed by atoms with E-state index >= 15 is 0 Å². The Balaban J connectivity index is 1.68. The second-order valence-corrected chi connectivity index (χ2v) is 7.73. The van der Waals surface area contributed by atoms with Crippen LogP contribution in [0.15, 0.2) is 29.6 Å². The summed E-state index contributed by atoms with van der Waals surface area (Å²) in [4.78, 5) is 31.7. The number of rotatable bonds is 7. The molecule has 0 fully saturated rings. The average Bonchev–Trinajstić information content (AvgIpc) is 3.20. The largest absolute Gasteiger partial charge is 0.481 e. The first-order valence-corrected chi connectivity index (χ1v) is 9.89. The second kappa shape index (κ2) is 8.28. The Morgan fingerprint density at radius 1 is 1.15 bits per heavy atom. The van der Waals surface area contributed by atoms with Crippen LogP contribution in [0.1, 0.15) is 24.6 Å². The molecule has 9 heteroatoms. The van der Waals surface area contributed by atoms with Gasteiger partial charge in [-0.2, -0.15) is 0 Å². The number of anilines is 3. The molecule has 0 saturated carbocycles. The van der Waals surface area contributed by atoms with Crippen molar-refractivity contribution in [2.24, 2.45) is 0 Å². The number of carboxylic acids is 1. The predicted octanol–water partition coefficient (Wildman–Crippen LogP) is 4.29. The summed E-state index contributed by atoms with van der Waals surface area (Å²) in [6.07, 6.45) is 0.635. The second-order valence-electron chi connectivity index (χ2n) is 5.87. The van der Waals surface area contributed by atoms with Crippen molar-refractivity contribution in [3.8, 4) is 10.6 Å². The van der Waals surface area contributed by atoms with Crippen LogP contribution in [0.4, 0.5) is 16.0 Å². The zero-order chi connectivity index (χ0) is 19.4. The van der Waals surface area contributed by atoms with Crippen LogP contribution in [0, 0.1) is 6.92 Å². The fourth-order valence-corrected chi connectivity index (χ4v) is 4.17. The van der Waals surface area contributed by atoms with Crippen LogP contribution in [0.25, 0.3) is 10.6 Å². The van der Waals surface area contributed by atoms with Gasteiger partial charge in [-0.05, 0) is 31.0 Å². The Labute approximate surface area is 164 Å². The van der Waals surface area contributed by atoms with E-state index in [0.717, 1.165) is 32.6 Å². The van der Waals surface area contributed by atoms with Crippen LogP contribution in [-0.4, -0.2) is 27.0 Å². The number of carbonyl (C=O) groups is 2. The van der Waals surface area contributed by atoms with Crippen LogP contribution >= 0.6 is 22.7 Å². The van der Waals surface area contributed by atoms with E-state index < -0.39 is 5.97 Å². The molecule has 2 heterocycles. The van der Waals surface area contributed by atoms with Gasteiger partial charge >= 0.3 is 5.97 Å². The fraction of sp³-hybridized carbons (Fsp3) is 0.222. The topological polar surface area (TPSA) is 104 Å². The molecule has 0 aliphatic heterocycles. The number of hydrogen-bond acceptors (Lipinski definition) is 7. The molecule has 0 bridgehead atoms. The molecule has 140 valence electrons. The maximum atomic E-state index is 11.2. The van der Waals surface area contributed by atoms with Crippen molar-refractivity contribution in [2.75, 3.05) is 10.6 Å². The monoisotopic (exact) mass is 402 g/mol. The van der Waals surface area contributed by atoms with Gasteiger partial charge in [-0.1, -0.05) is 23.5 Å². The number of carboxylic acid groups (broad SMARTS) is 1.